The first kappa shape index (κ1) is 12.6. The van der Waals surface area contributed by atoms with Gasteiger partial charge in [0, 0.05) is 0 Å². The van der Waals surface area contributed by atoms with Gasteiger partial charge < -0.3 is 9.47 Å². The smallest absolute Gasteiger partial charge is 0.309 e. The van der Waals surface area contributed by atoms with Crippen molar-refractivity contribution in [2.45, 2.75) is 26.7 Å². The quantitative estimate of drug-likeness (QED) is 0.718. The standard InChI is InChI=1S/C13H18O3/c1-4-7-16-12-6-5-11(8-10(12)2)9-13(14)15-3/h5-6,8H,4,7,9H2,1-3H3. The first-order valence-corrected chi connectivity index (χ1v) is 5.46. The zero-order valence-electron chi connectivity index (χ0n) is 10.1. The minimum Gasteiger partial charge on any atom is -0.493 e. The van der Waals surface area contributed by atoms with Gasteiger partial charge in [0.1, 0.15) is 5.75 Å². The first-order valence-electron chi connectivity index (χ1n) is 5.46. The molecule has 1 aromatic carbocycles. The minimum atomic E-state index is -0.221. The lowest BCUT2D eigenvalue weighted by Gasteiger charge is -2.09. The second-order valence-electron chi connectivity index (χ2n) is 3.70. The van der Waals surface area contributed by atoms with Gasteiger partial charge in [-0.2, -0.15) is 0 Å². The number of aryl methyl sites for hydroxylation is 1. The molecule has 0 aromatic heterocycles. The Morgan fingerprint density at radius 1 is 1.38 bits per heavy atom. The van der Waals surface area contributed by atoms with Crippen molar-refractivity contribution in [1.82, 2.24) is 0 Å². The van der Waals surface area contributed by atoms with Crippen molar-refractivity contribution in [2.24, 2.45) is 0 Å². The van der Waals surface area contributed by atoms with E-state index in [1.54, 1.807) is 0 Å². The highest BCUT2D eigenvalue weighted by molar-refractivity contribution is 5.72. The Hall–Kier alpha value is -1.51. The normalized spacial score (nSPS) is 9.94. The Balaban J connectivity index is 2.70. The van der Waals surface area contributed by atoms with Crippen LogP contribution >= 0.6 is 0 Å². The molecule has 16 heavy (non-hydrogen) atoms. The van der Waals surface area contributed by atoms with E-state index in [2.05, 4.69) is 11.7 Å². The molecule has 0 heterocycles. The van der Waals surface area contributed by atoms with Gasteiger partial charge in [-0.05, 0) is 30.5 Å². The molecule has 0 saturated carbocycles. The van der Waals surface area contributed by atoms with E-state index in [9.17, 15) is 4.79 Å². The van der Waals surface area contributed by atoms with Crippen molar-refractivity contribution in [3.05, 3.63) is 29.3 Å². The van der Waals surface area contributed by atoms with Gasteiger partial charge in [-0.25, -0.2) is 0 Å². The van der Waals surface area contributed by atoms with Gasteiger partial charge in [0.25, 0.3) is 0 Å². The average molecular weight is 222 g/mol. The maximum atomic E-state index is 11.1. The fourth-order valence-corrected chi connectivity index (χ4v) is 1.43. The summed E-state index contributed by atoms with van der Waals surface area (Å²) in [4.78, 5) is 11.1. The van der Waals surface area contributed by atoms with Crippen LogP contribution in [0, 0.1) is 6.92 Å². The van der Waals surface area contributed by atoms with Crippen molar-refractivity contribution >= 4 is 5.97 Å². The van der Waals surface area contributed by atoms with Crippen molar-refractivity contribution in [3.63, 3.8) is 0 Å². The van der Waals surface area contributed by atoms with E-state index in [-0.39, 0.29) is 5.97 Å². The van der Waals surface area contributed by atoms with E-state index in [4.69, 9.17) is 4.74 Å². The van der Waals surface area contributed by atoms with Gasteiger partial charge in [0.15, 0.2) is 0 Å². The van der Waals surface area contributed by atoms with Crippen molar-refractivity contribution in [3.8, 4) is 5.75 Å². The molecule has 0 bridgehead atoms. The number of esters is 1. The Kier molecular flexibility index (Phi) is 4.83. The minimum absolute atomic E-state index is 0.221. The molecule has 0 amide bonds. The van der Waals surface area contributed by atoms with Gasteiger partial charge in [0.2, 0.25) is 0 Å². The number of methoxy groups -OCH3 is 1. The van der Waals surface area contributed by atoms with Crippen LogP contribution in [-0.4, -0.2) is 19.7 Å². The van der Waals surface area contributed by atoms with Crippen molar-refractivity contribution < 1.29 is 14.3 Å². The Bertz CT molecular complexity index is 358. The molecular formula is C13H18O3. The van der Waals surface area contributed by atoms with Gasteiger partial charge in [0.05, 0.1) is 20.1 Å². The molecule has 1 rings (SSSR count). The van der Waals surface area contributed by atoms with Crippen LogP contribution in [0.15, 0.2) is 18.2 Å². The van der Waals surface area contributed by atoms with Crippen LogP contribution in [0.2, 0.25) is 0 Å². The number of hydrogen-bond acceptors (Lipinski definition) is 3. The summed E-state index contributed by atoms with van der Waals surface area (Å²) < 4.78 is 10.2. The maximum Gasteiger partial charge on any atom is 0.309 e. The fourth-order valence-electron chi connectivity index (χ4n) is 1.43. The monoisotopic (exact) mass is 222 g/mol. The summed E-state index contributed by atoms with van der Waals surface area (Å²) in [6.45, 7) is 4.77. The van der Waals surface area contributed by atoms with Gasteiger partial charge in [-0.15, -0.1) is 0 Å². The number of carbonyl (C=O) groups is 1. The molecule has 0 radical (unpaired) electrons. The summed E-state index contributed by atoms with van der Waals surface area (Å²) in [6.07, 6.45) is 1.30. The molecule has 0 N–H and O–H groups in total. The average Bonchev–Trinajstić information content (AvgIpc) is 2.28. The van der Waals surface area contributed by atoms with Crippen molar-refractivity contribution in [2.75, 3.05) is 13.7 Å². The van der Waals surface area contributed by atoms with E-state index >= 15 is 0 Å². The largest absolute Gasteiger partial charge is 0.493 e. The van der Waals surface area contributed by atoms with E-state index in [1.807, 2.05) is 25.1 Å². The van der Waals surface area contributed by atoms with E-state index < -0.39 is 0 Å². The SMILES string of the molecule is CCCOc1ccc(CC(=O)OC)cc1C. The molecule has 0 aliphatic heterocycles. The predicted molar refractivity (Wildman–Crippen MR) is 62.7 cm³/mol. The van der Waals surface area contributed by atoms with Crippen LogP contribution in [-0.2, 0) is 16.0 Å². The lowest BCUT2D eigenvalue weighted by molar-refractivity contribution is -0.139. The number of carbonyl (C=O) groups excluding carboxylic acids is 1. The number of benzene rings is 1. The van der Waals surface area contributed by atoms with Crippen LogP contribution in [0.4, 0.5) is 0 Å². The summed E-state index contributed by atoms with van der Waals surface area (Å²) in [5.74, 6) is 0.664. The molecule has 0 aliphatic carbocycles. The first-order chi connectivity index (χ1) is 7.67. The summed E-state index contributed by atoms with van der Waals surface area (Å²) in [6, 6.07) is 5.76. The number of ether oxygens (including phenoxy) is 2. The summed E-state index contributed by atoms with van der Waals surface area (Å²) in [7, 11) is 1.40. The van der Waals surface area contributed by atoms with E-state index in [0.717, 1.165) is 29.9 Å². The van der Waals surface area contributed by atoms with Crippen LogP contribution in [0.3, 0.4) is 0 Å². The summed E-state index contributed by atoms with van der Waals surface area (Å²) in [5.41, 5.74) is 2.00. The fraction of sp³-hybridized carbons (Fsp3) is 0.462. The predicted octanol–water partition coefficient (Wildman–Crippen LogP) is 2.50. The second-order valence-corrected chi connectivity index (χ2v) is 3.70. The van der Waals surface area contributed by atoms with Crippen molar-refractivity contribution in [1.29, 1.82) is 0 Å². The molecule has 0 spiro atoms. The lowest BCUT2D eigenvalue weighted by Crippen LogP contribution is -2.05. The topological polar surface area (TPSA) is 35.5 Å². The highest BCUT2D eigenvalue weighted by atomic mass is 16.5. The molecule has 1 aromatic rings. The molecule has 3 heteroatoms. The molecular weight excluding hydrogens is 204 g/mol. The van der Waals surface area contributed by atoms with Crippen LogP contribution in [0.1, 0.15) is 24.5 Å². The van der Waals surface area contributed by atoms with Gasteiger partial charge in [-0.1, -0.05) is 19.1 Å². The zero-order valence-corrected chi connectivity index (χ0v) is 10.1. The van der Waals surface area contributed by atoms with E-state index in [1.165, 1.54) is 7.11 Å². The van der Waals surface area contributed by atoms with Crippen LogP contribution in [0.25, 0.3) is 0 Å². The molecule has 0 unspecified atom stereocenters. The molecule has 3 nitrogen and oxygen atoms in total. The molecule has 0 saturated heterocycles. The number of hydrogen-bond donors (Lipinski definition) is 0. The Morgan fingerprint density at radius 3 is 2.69 bits per heavy atom. The molecule has 0 aliphatic rings. The Labute approximate surface area is 96.4 Å². The lowest BCUT2D eigenvalue weighted by atomic mass is 10.1. The second kappa shape index (κ2) is 6.16. The molecule has 0 atom stereocenters. The van der Waals surface area contributed by atoms with E-state index in [0.29, 0.717) is 6.42 Å². The highest BCUT2D eigenvalue weighted by Crippen LogP contribution is 2.19. The summed E-state index contributed by atoms with van der Waals surface area (Å²) in [5, 5.41) is 0. The Morgan fingerprint density at radius 2 is 2.12 bits per heavy atom. The third-order valence-electron chi connectivity index (χ3n) is 2.28. The van der Waals surface area contributed by atoms with Crippen LogP contribution < -0.4 is 4.74 Å². The highest BCUT2D eigenvalue weighted by Gasteiger charge is 2.05. The maximum absolute atomic E-state index is 11.1. The van der Waals surface area contributed by atoms with Gasteiger partial charge in [-0.3, -0.25) is 4.79 Å². The molecule has 0 fully saturated rings. The number of rotatable bonds is 5. The summed E-state index contributed by atoms with van der Waals surface area (Å²) >= 11 is 0. The zero-order chi connectivity index (χ0) is 12.0. The molecule has 88 valence electrons. The van der Waals surface area contributed by atoms with Gasteiger partial charge >= 0.3 is 5.97 Å². The third kappa shape index (κ3) is 3.57. The third-order valence-corrected chi connectivity index (χ3v) is 2.28. The van der Waals surface area contributed by atoms with Crippen LogP contribution in [0.5, 0.6) is 5.75 Å².